The third-order valence-electron chi connectivity index (χ3n) is 6.88. The van der Waals surface area contributed by atoms with E-state index >= 15 is 0 Å². The Morgan fingerprint density at radius 3 is 1.75 bits per heavy atom. The van der Waals surface area contributed by atoms with Gasteiger partial charge < -0.3 is 30.1 Å². The van der Waals surface area contributed by atoms with Gasteiger partial charge in [0.05, 0.1) is 37.3 Å². The molecule has 36 heavy (non-hydrogen) atoms. The summed E-state index contributed by atoms with van der Waals surface area (Å²) in [5, 5.41) is 5.95. The Kier molecular flexibility index (Phi) is 6.03. The van der Waals surface area contributed by atoms with Gasteiger partial charge >= 0.3 is 6.03 Å². The largest absolute Gasteiger partial charge is 0.493 e. The smallest absolute Gasteiger partial charge is 0.323 e. The van der Waals surface area contributed by atoms with Crippen LogP contribution in [0, 0.1) is 0 Å². The fourth-order valence-electron chi connectivity index (χ4n) is 5.11. The zero-order chi connectivity index (χ0) is 24.3. The number of hydrogen-bond acceptors (Lipinski definition) is 5. The molecule has 9 heteroatoms. The Morgan fingerprint density at radius 1 is 0.806 bits per heavy atom. The van der Waals surface area contributed by atoms with Gasteiger partial charge in [0, 0.05) is 23.8 Å². The predicted octanol–water partition coefficient (Wildman–Crippen LogP) is 4.99. The molecule has 2 unspecified atom stereocenters. The molecule has 0 saturated carbocycles. The van der Waals surface area contributed by atoms with E-state index in [0.717, 1.165) is 71.1 Å². The second-order valence-corrected chi connectivity index (χ2v) is 9.28. The SMILES string of the molecule is O=C(Nc1ccc2c(c1)C(Cc1c[nH]cn1)CCO2)Nc1ccc2c(c1)C(Cc1c[nH]cn1)CCO2. The van der Waals surface area contributed by atoms with Crippen molar-refractivity contribution in [3.05, 3.63) is 84.0 Å². The van der Waals surface area contributed by atoms with E-state index in [1.54, 1.807) is 12.7 Å². The Morgan fingerprint density at radius 2 is 1.31 bits per heavy atom. The fraction of sp³-hybridized carbons (Fsp3) is 0.296. The number of aromatic nitrogens is 4. The van der Waals surface area contributed by atoms with Crippen LogP contribution in [0.15, 0.2) is 61.4 Å². The van der Waals surface area contributed by atoms with Crippen molar-refractivity contribution in [2.45, 2.75) is 37.5 Å². The molecule has 0 bridgehead atoms. The molecule has 0 fully saturated rings. The molecule has 4 heterocycles. The van der Waals surface area contributed by atoms with Crippen LogP contribution in [0.1, 0.15) is 47.2 Å². The van der Waals surface area contributed by atoms with E-state index in [0.29, 0.717) is 13.2 Å². The van der Waals surface area contributed by atoms with Crippen molar-refractivity contribution in [1.29, 1.82) is 0 Å². The summed E-state index contributed by atoms with van der Waals surface area (Å²) in [6, 6.07) is 11.3. The monoisotopic (exact) mass is 484 g/mol. The molecule has 184 valence electrons. The Bertz CT molecular complexity index is 1230. The molecule has 2 aromatic heterocycles. The molecular formula is C27H28N6O3. The van der Waals surface area contributed by atoms with Gasteiger partial charge in [-0.1, -0.05) is 0 Å². The van der Waals surface area contributed by atoms with Gasteiger partial charge in [0.25, 0.3) is 0 Å². The minimum atomic E-state index is -0.295. The molecule has 2 aliphatic heterocycles. The molecule has 0 saturated heterocycles. The zero-order valence-electron chi connectivity index (χ0n) is 19.8. The second-order valence-electron chi connectivity index (χ2n) is 9.28. The fourth-order valence-corrected chi connectivity index (χ4v) is 5.11. The summed E-state index contributed by atoms with van der Waals surface area (Å²) < 4.78 is 11.7. The molecule has 2 amide bonds. The predicted molar refractivity (Wildman–Crippen MR) is 136 cm³/mol. The van der Waals surface area contributed by atoms with Crippen molar-refractivity contribution in [3.8, 4) is 11.5 Å². The Labute approximate surface area is 208 Å². The van der Waals surface area contributed by atoms with Crippen molar-refractivity contribution in [2.24, 2.45) is 0 Å². The molecule has 0 aliphatic carbocycles. The first kappa shape index (κ1) is 22.2. The van der Waals surface area contributed by atoms with Crippen molar-refractivity contribution >= 4 is 17.4 Å². The lowest BCUT2D eigenvalue weighted by molar-refractivity contribution is 0.261. The second kappa shape index (κ2) is 9.77. The number of ether oxygens (including phenoxy) is 2. The first-order valence-electron chi connectivity index (χ1n) is 12.3. The number of anilines is 2. The van der Waals surface area contributed by atoms with Crippen molar-refractivity contribution in [1.82, 2.24) is 19.9 Å². The van der Waals surface area contributed by atoms with E-state index in [1.807, 2.05) is 48.8 Å². The van der Waals surface area contributed by atoms with Gasteiger partial charge in [0.1, 0.15) is 11.5 Å². The lowest BCUT2D eigenvalue weighted by Gasteiger charge is -2.26. The van der Waals surface area contributed by atoms with Gasteiger partial charge in [-0.25, -0.2) is 14.8 Å². The summed E-state index contributed by atoms with van der Waals surface area (Å²) in [5.74, 6) is 2.30. The number of H-pyrrole nitrogens is 2. The third kappa shape index (κ3) is 4.77. The van der Waals surface area contributed by atoms with E-state index in [1.165, 1.54) is 0 Å². The molecule has 0 spiro atoms. The summed E-state index contributed by atoms with van der Waals surface area (Å²) in [6.45, 7) is 1.36. The number of aromatic amines is 2. The third-order valence-corrected chi connectivity index (χ3v) is 6.88. The number of carbonyl (C=O) groups is 1. The first-order chi connectivity index (χ1) is 17.7. The molecule has 2 atom stereocenters. The number of rotatable bonds is 6. The van der Waals surface area contributed by atoms with E-state index in [9.17, 15) is 4.79 Å². The molecule has 4 aromatic rings. The summed E-state index contributed by atoms with van der Waals surface area (Å²) in [5.41, 5.74) is 5.67. The number of fused-ring (bicyclic) bond motifs is 2. The molecule has 9 nitrogen and oxygen atoms in total. The highest BCUT2D eigenvalue weighted by atomic mass is 16.5. The Hall–Kier alpha value is -4.27. The molecule has 0 radical (unpaired) electrons. The molecule has 2 aromatic carbocycles. The molecule has 2 aliphatic rings. The highest BCUT2D eigenvalue weighted by Gasteiger charge is 2.25. The maximum Gasteiger partial charge on any atom is 0.323 e. The lowest BCUT2D eigenvalue weighted by atomic mass is 9.89. The maximum absolute atomic E-state index is 12.9. The molecule has 4 N–H and O–H groups in total. The highest BCUT2D eigenvalue weighted by Crippen LogP contribution is 2.38. The Balaban J connectivity index is 1.15. The van der Waals surface area contributed by atoms with Crippen LogP contribution in [0.2, 0.25) is 0 Å². The maximum atomic E-state index is 12.9. The van der Waals surface area contributed by atoms with Crippen LogP contribution in [-0.4, -0.2) is 39.2 Å². The number of hydrogen-bond donors (Lipinski definition) is 4. The molecule has 6 rings (SSSR count). The van der Waals surface area contributed by atoms with Gasteiger partial charge in [0.15, 0.2) is 0 Å². The van der Waals surface area contributed by atoms with Crippen molar-refractivity contribution in [3.63, 3.8) is 0 Å². The van der Waals surface area contributed by atoms with Gasteiger partial charge in [-0.05, 0) is 85.0 Å². The summed E-state index contributed by atoms with van der Waals surface area (Å²) in [7, 11) is 0. The number of urea groups is 1. The van der Waals surface area contributed by atoms with Gasteiger partial charge in [-0.15, -0.1) is 0 Å². The number of nitrogens with zero attached hydrogens (tertiary/aromatic N) is 2. The molecular weight excluding hydrogens is 456 g/mol. The van der Waals surface area contributed by atoms with Gasteiger partial charge in [0.2, 0.25) is 0 Å². The number of nitrogens with one attached hydrogen (secondary N) is 4. The van der Waals surface area contributed by atoms with Crippen LogP contribution < -0.4 is 20.1 Å². The van der Waals surface area contributed by atoms with Crippen LogP contribution in [-0.2, 0) is 12.8 Å². The quantitative estimate of drug-likeness (QED) is 0.307. The number of amides is 2. The van der Waals surface area contributed by atoms with Crippen molar-refractivity contribution in [2.75, 3.05) is 23.8 Å². The number of benzene rings is 2. The zero-order valence-corrected chi connectivity index (χ0v) is 19.8. The topological polar surface area (TPSA) is 117 Å². The van der Waals surface area contributed by atoms with E-state index in [4.69, 9.17) is 9.47 Å². The van der Waals surface area contributed by atoms with Crippen molar-refractivity contribution < 1.29 is 14.3 Å². The minimum Gasteiger partial charge on any atom is -0.493 e. The van der Waals surface area contributed by atoms with Crippen LogP contribution in [0.5, 0.6) is 11.5 Å². The highest BCUT2D eigenvalue weighted by molar-refractivity contribution is 6.00. The summed E-state index contributed by atoms with van der Waals surface area (Å²) in [6.07, 6.45) is 10.7. The normalized spacial score (nSPS) is 18.3. The van der Waals surface area contributed by atoms with Crippen LogP contribution in [0.4, 0.5) is 16.2 Å². The number of carbonyl (C=O) groups excluding carboxylic acids is 1. The van der Waals surface area contributed by atoms with E-state index in [-0.39, 0.29) is 17.9 Å². The standard InChI is InChI=1S/C27H28N6O3/c34-27(32-19-1-3-25-23(11-19)17(5-7-35-25)9-21-13-28-15-30-21)33-20-2-4-26-24(12-20)18(6-8-36-26)10-22-14-29-16-31-22/h1-4,11-18H,5-10H2,(H,28,30)(H,29,31)(H2,32,33,34). The van der Waals surface area contributed by atoms with Gasteiger partial charge in [-0.2, -0.15) is 0 Å². The van der Waals surface area contributed by atoms with Crippen LogP contribution in [0.3, 0.4) is 0 Å². The summed E-state index contributed by atoms with van der Waals surface area (Å²) in [4.78, 5) is 27.6. The van der Waals surface area contributed by atoms with E-state index < -0.39 is 0 Å². The first-order valence-corrected chi connectivity index (χ1v) is 12.3. The average Bonchev–Trinajstić information content (AvgIpc) is 3.59. The summed E-state index contributed by atoms with van der Waals surface area (Å²) >= 11 is 0. The number of imidazole rings is 2. The van der Waals surface area contributed by atoms with Gasteiger partial charge in [-0.3, -0.25) is 0 Å². The van der Waals surface area contributed by atoms with Crippen LogP contribution in [0.25, 0.3) is 0 Å². The average molecular weight is 485 g/mol. The minimum absolute atomic E-state index is 0.286. The lowest BCUT2D eigenvalue weighted by Crippen LogP contribution is -2.21. The van der Waals surface area contributed by atoms with E-state index in [2.05, 4.69) is 30.6 Å². The van der Waals surface area contributed by atoms with Crippen LogP contribution >= 0.6 is 0 Å².